The minimum Gasteiger partial charge on any atom is -0.497 e. The predicted octanol–water partition coefficient (Wildman–Crippen LogP) is 3.52. The van der Waals surface area contributed by atoms with Crippen molar-refractivity contribution < 1.29 is 13.2 Å². The first kappa shape index (κ1) is 25.3. The van der Waals surface area contributed by atoms with Crippen LogP contribution >= 0.6 is 0 Å². The minimum atomic E-state index is -3.59. The summed E-state index contributed by atoms with van der Waals surface area (Å²) in [5.41, 5.74) is 0.548. The summed E-state index contributed by atoms with van der Waals surface area (Å²) < 4.78 is 34.7. The number of piperazine rings is 1. The molecule has 0 aliphatic carbocycles. The Morgan fingerprint density at radius 2 is 1.63 bits per heavy atom. The van der Waals surface area contributed by atoms with Crippen molar-refractivity contribution >= 4 is 20.9 Å². The average molecular weight is 499 g/mol. The molecule has 0 radical (unpaired) electrons. The van der Waals surface area contributed by atoms with E-state index in [9.17, 15) is 13.2 Å². The molecule has 1 atom stereocenters. The van der Waals surface area contributed by atoms with Gasteiger partial charge in [0.15, 0.2) is 0 Å². The lowest BCUT2D eigenvalue weighted by atomic mass is 9.96. The van der Waals surface area contributed by atoms with Crippen LogP contribution in [0.4, 0.5) is 0 Å². The van der Waals surface area contributed by atoms with Crippen LogP contribution in [-0.2, 0) is 16.6 Å². The van der Waals surface area contributed by atoms with E-state index in [1.165, 1.54) is 4.31 Å². The van der Waals surface area contributed by atoms with Crippen LogP contribution in [0, 0.1) is 5.41 Å². The van der Waals surface area contributed by atoms with Gasteiger partial charge in [-0.05, 0) is 48.7 Å². The third kappa shape index (κ3) is 5.27. The van der Waals surface area contributed by atoms with E-state index in [1.54, 1.807) is 35.9 Å². The molecule has 1 fully saturated rings. The number of ether oxygens (including phenoxy) is 1. The van der Waals surface area contributed by atoms with E-state index in [-0.39, 0.29) is 21.9 Å². The van der Waals surface area contributed by atoms with Crippen molar-refractivity contribution in [2.75, 3.05) is 33.3 Å². The van der Waals surface area contributed by atoms with Crippen molar-refractivity contribution in [2.45, 2.75) is 45.2 Å². The van der Waals surface area contributed by atoms with Crippen LogP contribution in [0.1, 0.15) is 39.6 Å². The number of benzene rings is 2. The molecule has 1 saturated heterocycles. The van der Waals surface area contributed by atoms with Crippen LogP contribution < -0.4 is 10.3 Å². The second kappa shape index (κ2) is 9.72. The van der Waals surface area contributed by atoms with E-state index in [4.69, 9.17) is 9.72 Å². The zero-order chi connectivity index (χ0) is 25.4. The van der Waals surface area contributed by atoms with E-state index >= 15 is 0 Å². The Balaban J connectivity index is 1.58. The van der Waals surface area contributed by atoms with Gasteiger partial charge in [0.05, 0.1) is 29.0 Å². The van der Waals surface area contributed by atoms with E-state index in [0.29, 0.717) is 49.4 Å². The molecule has 1 aliphatic heterocycles. The maximum atomic E-state index is 13.4. The standard InChI is InChI=1S/C26H34N4O4S/c1-19(24-27-23-9-7-6-8-22(23)25(31)30(24)18-26(2,3)4)28-14-16-29(17-15-28)35(32,33)21-12-10-20(34-5)11-13-21/h6-13,19H,14-18H2,1-5H3. The fourth-order valence-electron chi connectivity index (χ4n) is 4.52. The van der Waals surface area contributed by atoms with Crippen LogP contribution in [0.2, 0.25) is 0 Å². The second-order valence-corrected chi connectivity index (χ2v) is 12.2. The van der Waals surface area contributed by atoms with Gasteiger partial charge in [-0.25, -0.2) is 13.4 Å². The molecule has 0 saturated carbocycles. The van der Waals surface area contributed by atoms with Crippen molar-refractivity contribution in [3.63, 3.8) is 0 Å². The van der Waals surface area contributed by atoms with Gasteiger partial charge in [0, 0.05) is 32.7 Å². The van der Waals surface area contributed by atoms with Gasteiger partial charge in [-0.2, -0.15) is 4.31 Å². The molecule has 2 aromatic carbocycles. The molecule has 9 heteroatoms. The quantitative estimate of drug-likeness (QED) is 0.517. The summed E-state index contributed by atoms with van der Waals surface area (Å²) in [5, 5.41) is 0.614. The third-order valence-electron chi connectivity index (χ3n) is 6.42. The highest BCUT2D eigenvalue weighted by Crippen LogP contribution is 2.26. The van der Waals surface area contributed by atoms with Gasteiger partial charge in [-0.15, -0.1) is 0 Å². The number of rotatable bonds is 6. The number of aromatic nitrogens is 2. The highest BCUT2D eigenvalue weighted by molar-refractivity contribution is 7.89. The lowest BCUT2D eigenvalue weighted by molar-refractivity contribution is 0.136. The number of nitrogens with zero attached hydrogens (tertiary/aromatic N) is 4. The van der Waals surface area contributed by atoms with Crippen LogP contribution in [0.3, 0.4) is 0 Å². The summed E-state index contributed by atoms with van der Waals surface area (Å²) in [6.45, 7) is 10.7. The van der Waals surface area contributed by atoms with E-state index < -0.39 is 10.0 Å². The molecule has 8 nitrogen and oxygen atoms in total. The molecule has 0 amide bonds. The Morgan fingerprint density at radius 3 is 2.23 bits per heavy atom. The van der Waals surface area contributed by atoms with Gasteiger partial charge in [-0.1, -0.05) is 32.9 Å². The first-order valence-corrected chi connectivity index (χ1v) is 13.3. The molecule has 4 rings (SSSR count). The Labute approximate surface area is 207 Å². The van der Waals surface area contributed by atoms with Gasteiger partial charge in [-0.3, -0.25) is 14.3 Å². The Kier molecular flexibility index (Phi) is 7.04. The normalized spacial score (nSPS) is 16.9. The summed E-state index contributed by atoms with van der Waals surface area (Å²) in [6, 6.07) is 13.8. The van der Waals surface area contributed by atoms with Gasteiger partial charge in [0.2, 0.25) is 10.0 Å². The number of sulfonamides is 1. The first-order valence-electron chi connectivity index (χ1n) is 11.9. The fourth-order valence-corrected chi connectivity index (χ4v) is 5.94. The molecule has 3 aromatic rings. The smallest absolute Gasteiger partial charge is 0.261 e. The fraction of sp³-hybridized carbons (Fsp3) is 0.462. The van der Waals surface area contributed by atoms with Crippen LogP contribution in [-0.4, -0.2) is 60.5 Å². The minimum absolute atomic E-state index is 0.0342. The van der Waals surface area contributed by atoms with E-state index in [0.717, 1.165) is 5.82 Å². The zero-order valence-corrected chi connectivity index (χ0v) is 21.9. The molecular formula is C26H34N4O4S. The first-order chi connectivity index (χ1) is 16.5. The molecule has 1 unspecified atom stereocenters. The summed E-state index contributed by atoms with van der Waals surface area (Å²) in [7, 11) is -2.04. The van der Waals surface area contributed by atoms with E-state index in [2.05, 4.69) is 25.7 Å². The Hall–Kier alpha value is -2.75. The summed E-state index contributed by atoms with van der Waals surface area (Å²) in [5.74, 6) is 1.34. The molecule has 35 heavy (non-hydrogen) atoms. The highest BCUT2D eigenvalue weighted by atomic mass is 32.2. The number of hydrogen-bond acceptors (Lipinski definition) is 6. The number of fused-ring (bicyclic) bond motifs is 1. The lowest BCUT2D eigenvalue weighted by Crippen LogP contribution is -2.50. The van der Waals surface area contributed by atoms with Crippen LogP contribution in [0.15, 0.2) is 58.2 Å². The Morgan fingerprint density at radius 1 is 1.00 bits per heavy atom. The van der Waals surface area contributed by atoms with Crippen LogP contribution in [0.5, 0.6) is 5.75 Å². The number of methoxy groups -OCH3 is 1. The summed E-state index contributed by atoms with van der Waals surface area (Å²) in [6.07, 6.45) is 0. The predicted molar refractivity (Wildman–Crippen MR) is 137 cm³/mol. The van der Waals surface area contributed by atoms with Crippen molar-refractivity contribution in [3.8, 4) is 5.75 Å². The zero-order valence-electron chi connectivity index (χ0n) is 21.1. The van der Waals surface area contributed by atoms with Gasteiger partial charge < -0.3 is 4.74 Å². The molecule has 0 N–H and O–H groups in total. The van der Waals surface area contributed by atoms with Gasteiger partial charge >= 0.3 is 0 Å². The molecular weight excluding hydrogens is 464 g/mol. The third-order valence-corrected chi connectivity index (χ3v) is 8.33. The van der Waals surface area contributed by atoms with Crippen LogP contribution in [0.25, 0.3) is 10.9 Å². The summed E-state index contributed by atoms with van der Waals surface area (Å²) in [4.78, 5) is 20.8. The van der Waals surface area contributed by atoms with Gasteiger partial charge in [0.25, 0.3) is 5.56 Å². The van der Waals surface area contributed by atoms with Crippen molar-refractivity contribution in [1.82, 2.24) is 18.8 Å². The molecule has 1 aromatic heterocycles. The lowest BCUT2D eigenvalue weighted by Gasteiger charge is -2.38. The largest absolute Gasteiger partial charge is 0.497 e. The molecule has 0 spiro atoms. The number of para-hydroxylation sites is 1. The van der Waals surface area contributed by atoms with E-state index in [1.807, 2.05) is 31.2 Å². The summed E-state index contributed by atoms with van der Waals surface area (Å²) >= 11 is 0. The average Bonchev–Trinajstić information content (AvgIpc) is 2.84. The molecule has 188 valence electrons. The molecule has 2 heterocycles. The van der Waals surface area contributed by atoms with Crippen molar-refractivity contribution in [3.05, 3.63) is 64.7 Å². The Bertz CT molecular complexity index is 1350. The monoisotopic (exact) mass is 498 g/mol. The second-order valence-electron chi connectivity index (χ2n) is 10.2. The highest BCUT2D eigenvalue weighted by Gasteiger charge is 2.32. The molecule has 1 aliphatic rings. The van der Waals surface area contributed by atoms with Crippen molar-refractivity contribution in [2.24, 2.45) is 5.41 Å². The SMILES string of the molecule is COc1ccc(S(=O)(=O)N2CCN(C(C)c3nc4ccccc4c(=O)n3CC(C)(C)C)CC2)cc1. The topological polar surface area (TPSA) is 84.7 Å². The van der Waals surface area contributed by atoms with Crippen molar-refractivity contribution in [1.29, 1.82) is 0 Å². The maximum Gasteiger partial charge on any atom is 0.261 e. The maximum absolute atomic E-state index is 13.4. The number of hydrogen-bond donors (Lipinski definition) is 0. The van der Waals surface area contributed by atoms with Gasteiger partial charge in [0.1, 0.15) is 11.6 Å². The molecule has 0 bridgehead atoms.